The van der Waals surface area contributed by atoms with Crippen LogP contribution in [0.2, 0.25) is 0 Å². The van der Waals surface area contributed by atoms with Gasteiger partial charge in [0.25, 0.3) is 0 Å². The normalized spacial score (nSPS) is 24.7. The maximum Gasteiger partial charge on any atom is 0.142 e. The smallest absolute Gasteiger partial charge is 0.142 e. The van der Waals surface area contributed by atoms with E-state index in [9.17, 15) is 0 Å². The molecule has 0 amide bonds. The highest BCUT2D eigenvalue weighted by atomic mass is 16.5. The Hall–Kier alpha value is -1.62. The second-order valence-electron chi connectivity index (χ2n) is 8.15. The zero-order valence-corrected chi connectivity index (χ0v) is 15.7. The molecule has 3 aliphatic rings. The van der Waals surface area contributed by atoms with Gasteiger partial charge in [0.05, 0.1) is 12.8 Å². The van der Waals surface area contributed by atoms with Crippen LogP contribution >= 0.6 is 0 Å². The molecular weight excluding hydrogens is 312 g/mol. The highest BCUT2D eigenvalue weighted by Crippen LogP contribution is 2.39. The molecule has 4 nitrogen and oxygen atoms in total. The van der Waals surface area contributed by atoms with E-state index in [1.807, 2.05) is 0 Å². The van der Waals surface area contributed by atoms with E-state index in [-0.39, 0.29) is 11.5 Å². The molecule has 1 atom stereocenters. The van der Waals surface area contributed by atoms with Crippen LogP contribution in [0.15, 0.2) is 41.5 Å². The number of ether oxygens (including phenoxy) is 2. The van der Waals surface area contributed by atoms with E-state index in [1.165, 1.54) is 22.3 Å². The molecule has 0 aromatic heterocycles. The minimum Gasteiger partial charge on any atom is -0.478 e. The number of benzene rings is 1. The van der Waals surface area contributed by atoms with Gasteiger partial charge in [-0.3, -0.25) is 9.80 Å². The summed E-state index contributed by atoms with van der Waals surface area (Å²) in [5, 5.41) is 0. The quantitative estimate of drug-likeness (QED) is 0.825. The van der Waals surface area contributed by atoms with Crippen LogP contribution in [0.3, 0.4) is 0 Å². The van der Waals surface area contributed by atoms with E-state index in [2.05, 4.69) is 68.1 Å². The molecule has 0 radical (unpaired) electrons. The number of hydrogen-bond donors (Lipinski definition) is 0. The van der Waals surface area contributed by atoms with Crippen LogP contribution < -0.4 is 4.74 Å². The number of allylic oxidation sites excluding steroid dienone is 2. The van der Waals surface area contributed by atoms with Crippen LogP contribution in [-0.2, 0) is 16.7 Å². The molecule has 0 N–H and O–H groups in total. The molecule has 134 valence electrons. The summed E-state index contributed by atoms with van der Waals surface area (Å²) in [5.74, 6) is 1.02. The summed E-state index contributed by atoms with van der Waals surface area (Å²) in [7, 11) is 4.20. The molecule has 1 aliphatic carbocycles. The Morgan fingerprint density at radius 1 is 1.08 bits per heavy atom. The summed E-state index contributed by atoms with van der Waals surface area (Å²) in [6, 6.07) is 6.68. The van der Waals surface area contributed by atoms with Crippen molar-refractivity contribution >= 4 is 0 Å². The Balaban J connectivity index is 1.63. The molecule has 2 aliphatic heterocycles. The van der Waals surface area contributed by atoms with Crippen molar-refractivity contribution in [1.29, 1.82) is 0 Å². The molecule has 1 fully saturated rings. The molecule has 4 heteroatoms. The van der Waals surface area contributed by atoms with E-state index in [4.69, 9.17) is 9.47 Å². The molecule has 25 heavy (non-hydrogen) atoms. The fraction of sp³-hybridized carbons (Fsp3) is 0.524. The Bertz CT molecular complexity index is 735. The molecule has 1 aromatic rings. The zero-order chi connectivity index (χ0) is 17.6. The summed E-state index contributed by atoms with van der Waals surface area (Å²) < 4.78 is 11.7. The minimum atomic E-state index is -0.0287. The first kappa shape index (κ1) is 16.8. The third-order valence-electron chi connectivity index (χ3n) is 5.64. The fourth-order valence-corrected chi connectivity index (χ4v) is 3.99. The van der Waals surface area contributed by atoms with Crippen LogP contribution in [0.4, 0.5) is 0 Å². The lowest BCUT2D eigenvalue weighted by molar-refractivity contribution is -0.0234. The lowest BCUT2D eigenvalue weighted by atomic mass is 9.74. The van der Waals surface area contributed by atoms with E-state index in [1.54, 1.807) is 0 Å². The summed E-state index contributed by atoms with van der Waals surface area (Å²) >= 11 is 0. The average Bonchev–Trinajstić information content (AvgIpc) is 2.60. The zero-order valence-electron chi connectivity index (χ0n) is 15.7. The Labute approximate surface area is 150 Å². The standard InChI is InChI=1S/C21H28N2O2/c1-21(2,17-5-7-19-15(9-17)11-22(3)13-24-19)18-6-8-20-16(10-18)12-23(4)14-25-20/h5-7,9-10,20H,8,11-14H2,1-4H3. The predicted octanol–water partition coefficient (Wildman–Crippen LogP) is 3.29. The number of rotatable bonds is 2. The van der Waals surface area contributed by atoms with Gasteiger partial charge in [-0.25, -0.2) is 0 Å². The van der Waals surface area contributed by atoms with E-state index >= 15 is 0 Å². The highest BCUT2D eigenvalue weighted by Gasteiger charge is 2.31. The van der Waals surface area contributed by atoms with Gasteiger partial charge in [-0.05, 0) is 49.4 Å². The van der Waals surface area contributed by atoms with Gasteiger partial charge in [0.1, 0.15) is 12.5 Å². The van der Waals surface area contributed by atoms with Crippen LogP contribution in [0.25, 0.3) is 0 Å². The van der Waals surface area contributed by atoms with Crippen molar-refractivity contribution in [1.82, 2.24) is 9.80 Å². The topological polar surface area (TPSA) is 24.9 Å². The molecule has 0 saturated carbocycles. The summed E-state index contributed by atoms with van der Waals surface area (Å²) in [6.45, 7) is 7.98. The Kier molecular flexibility index (Phi) is 4.22. The lowest BCUT2D eigenvalue weighted by Crippen LogP contribution is -2.39. The number of fused-ring (bicyclic) bond motifs is 2. The van der Waals surface area contributed by atoms with Crippen molar-refractivity contribution in [2.75, 3.05) is 34.1 Å². The molecular formula is C21H28N2O2. The van der Waals surface area contributed by atoms with E-state index in [0.717, 1.165) is 32.0 Å². The number of likely N-dealkylation sites (N-methyl/N-ethyl adjacent to an activating group) is 1. The SMILES string of the molecule is CN1COC2CC=C(C(C)(C)c3ccc4c(c3)CN(C)CO4)C=C2C1. The fourth-order valence-electron chi connectivity index (χ4n) is 3.99. The molecule has 2 heterocycles. The van der Waals surface area contributed by atoms with Crippen LogP contribution in [0.5, 0.6) is 5.75 Å². The summed E-state index contributed by atoms with van der Waals surface area (Å²) in [6.07, 6.45) is 5.98. The maximum atomic E-state index is 5.94. The Morgan fingerprint density at radius 2 is 1.88 bits per heavy atom. The third-order valence-corrected chi connectivity index (χ3v) is 5.64. The van der Waals surface area contributed by atoms with Gasteiger partial charge in [-0.15, -0.1) is 0 Å². The summed E-state index contributed by atoms with van der Waals surface area (Å²) in [4.78, 5) is 4.42. The van der Waals surface area contributed by atoms with Gasteiger partial charge in [-0.2, -0.15) is 0 Å². The van der Waals surface area contributed by atoms with Gasteiger partial charge in [0.15, 0.2) is 0 Å². The average molecular weight is 340 g/mol. The largest absolute Gasteiger partial charge is 0.478 e. The molecule has 1 saturated heterocycles. The molecule has 1 unspecified atom stereocenters. The first-order chi connectivity index (χ1) is 11.9. The highest BCUT2D eigenvalue weighted by molar-refractivity contribution is 5.48. The first-order valence-electron chi connectivity index (χ1n) is 9.09. The van der Waals surface area contributed by atoms with Crippen molar-refractivity contribution < 1.29 is 9.47 Å². The molecule has 4 rings (SSSR count). The minimum absolute atomic E-state index is 0.0287. The van der Waals surface area contributed by atoms with Crippen molar-refractivity contribution in [2.24, 2.45) is 0 Å². The Morgan fingerprint density at radius 3 is 2.72 bits per heavy atom. The predicted molar refractivity (Wildman–Crippen MR) is 99.6 cm³/mol. The molecule has 0 spiro atoms. The lowest BCUT2D eigenvalue weighted by Gasteiger charge is -2.37. The summed E-state index contributed by atoms with van der Waals surface area (Å²) in [5.41, 5.74) is 5.39. The van der Waals surface area contributed by atoms with Crippen molar-refractivity contribution in [3.05, 3.63) is 52.6 Å². The van der Waals surface area contributed by atoms with Gasteiger partial charge in [0, 0.05) is 24.1 Å². The monoisotopic (exact) mass is 340 g/mol. The molecule has 0 bridgehead atoms. The van der Waals surface area contributed by atoms with Crippen molar-refractivity contribution in [2.45, 2.75) is 38.3 Å². The van der Waals surface area contributed by atoms with E-state index < -0.39 is 0 Å². The van der Waals surface area contributed by atoms with Gasteiger partial charge < -0.3 is 9.47 Å². The second kappa shape index (κ2) is 6.27. The molecule has 1 aromatic carbocycles. The second-order valence-corrected chi connectivity index (χ2v) is 8.15. The van der Waals surface area contributed by atoms with Gasteiger partial charge in [-0.1, -0.05) is 32.1 Å². The van der Waals surface area contributed by atoms with Crippen LogP contribution in [0.1, 0.15) is 31.4 Å². The number of hydrogen-bond acceptors (Lipinski definition) is 4. The number of nitrogens with zero attached hydrogens (tertiary/aromatic N) is 2. The first-order valence-corrected chi connectivity index (χ1v) is 9.09. The van der Waals surface area contributed by atoms with Crippen LogP contribution in [-0.4, -0.2) is 50.0 Å². The van der Waals surface area contributed by atoms with Crippen LogP contribution in [0, 0.1) is 0 Å². The maximum absolute atomic E-state index is 5.94. The van der Waals surface area contributed by atoms with E-state index in [0.29, 0.717) is 6.73 Å². The van der Waals surface area contributed by atoms with Gasteiger partial charge in [0.2, 0.25) is 0 Å². The van der Waals surface area contributed by atoms with Crippen molar-refractivity contribution in [3.63, 3.8) is 0 Å². The third kappa shape index (κ3) is 3.14. The van der Waals surface area contributed by atoms with Gasteiger partial charge >= 0.3 is 0 Å². The van der Waals surface area contributed by atoms with Crippen molar-refractivity contribution in [3.8, 4) is 5.75 Å².